The van der Waals surface area contributed by atoms with Gasteiger partial charge in [-0.15, -0.1) is 5.10 Å². The molecule has 0 saturated carbocycles. The summed E-state index contributed by atoms with van der Waals surface area (Å²) in [6, 6.07) is 0. The van der Waals surface area contributed by atoms with Crippen LogP contribution in [0.3, 0.4) is 0 Å². The van der Waals surface area contributed by atoms with Crippen LogP contribution in [0.15, 0.2) is 35.0 Å². The number of thioether (sulfide) groups is 1. The van der Waals surface area contributed by atoms with E-state index in [1.807, 2.05) is 6.20 Å². The van der Waals surface area contributed by atoms with Crippen LogP contribution in [-0.4, -0.2) is 44.0 Å². The monoisotopic (exact) mass is 437 g/mol. The molecule has 1 fully saturated rings. The number of hydrogen-bond acceptors (Lipinski definition) is 6. The van der Waals surface area contributed by atoms with Gasteiger partial charge < -0.3 is 10.1 Å². The van der Waals surface area contributed by atoms with Gasteiger partial charge in [0.25, 0.3) is 0 Å². The minimum absolute atomic E-state index is 0.137. The highest BCUT2D eigenvalue weighted by atomic mass is 32.2. The number of allylic oxidation sites excluding steroid dienone is 3. The van der Waals surface area contributed by atoms with Crippen molar-refractivity contribution < 1.29 is 18.3 Å². The first-order chi connectivity index (χ1) is 14.3. The van der Waals surface area contributed by atoms with Gasteiger partial charge in [0.15, 0.2) is 5.17 Å². The lowest BCUT2D eigenvalue weighted by Crippen LogP contribution is -2.62. The molecular formula is C20H25F2N5O2S. The number of nitrogens with one attached hydrogen (secondary N) is 1. The number of nitrogens with zero attached hydrogens (tertiary/aromatic N) is 4. The van der Waals surface area contributed by atoms with E-state index >= 15 is 4.39 Å². The van der Waals surface area contributed by atoms with E-state index in [0.717, 1.165) is 11.8 Å². The van der Waals surface area contributed by atoms with Crippen molar-refractivity contribution in [2.24, 2.45) is 23.4 Å². The summed E-state index contributed by atoms with van der Waals surface area (Å²) in [5.41, 5.74) is -0.710. The number of aryl methyl sites for hydroxylation is 1. The second-order valence-corrected chi connectivity index (χ2v) is 9.28. The Morgan fingerprint density at radius 1 is 1.47 bits per heavy atom. The normalized spacial score (nSPS) is 33.8. The predicted molar refractivity (Wildman–Crippen MR) is 110 cm³/mol. The molecule has 7 nitrogen and oxygen atoms in total. The third-order valence-corrected chi connectivity index (χ3v) is 7.51. The number of amides is 1. The summed E-state index contributed by atoms with van der Waals surface area (Å²) in [6.07, 6.45) is 4.91. The number of carbonyl (C=O) groups excluding carboxylic acids is 1. The van der Waals surface area contributed by atoms with E-state index in [2.05, 4.69) is 22.6 Å². The molecule has 1 unspecified atom stereocenters. The van der Waals surface area contributed by atoms with Gasteiger partial charge in [-0.05, 0) is 18.9 Å². The summed E-state index contributed by atoms with van der Waals surface area (Å²) in [6.45, 7) is 3.96. The van der Waals surface area contributed by atoms with Gasteiger partial charge in [-0.1, -0.05) is 30.8 Å². The first kappa shape index (κ1) is 21.2. The molecule has 3 heterocycles. The Balaban J connectivity index is 1.73. The number of amidine groups is 1. The van der Waals surface area contributed by atoms with E-state index < -0.39 is 28.5 Å². The highest BCUT2D eigenvalue weighted by molar-refractivity contribution is 8.14. The van der Waals surface area contributed by atoms with Crippen molar-refractivity contribution in [2.45, 2.75) is 44.8 Å². The van der Waals surface area contributed by atoms with E-state index in [1.165, 1.54) is 17.8 Å². The van der Waals surface area contributed by atoms with Crippen LogP contribution in [0.1, 0.15) is 44.9 Å². The molecule has 2 aliphatic heterocycles. The molecule has 3 aliphatic rings. The van der Waals surface area contributed by atoms with Crippen LogP contribution in [0.2, 0.25) is 0 Å². The molecule has 1 aliphatic carbocycles. The smallest absolute Gasteiger partial charge is 0.225 e. The molecule has 1 aromatic rings. The fourth-order valence-electron chi connectivity index (χ4n) is 4.47. The number of carbonyl (C=O) groups is 1. The van der Waals surface area contributed by atoms with E-state index in [1.54, 1.807) is 18.7 Å². The maximum Gasteiger partial charge on any atom is 0.225 e. The molecule has 0 radical (unpaired) electrons. The van der Waals surface area contributed by atoms with Crippen molar-refractivity contribution in [3.05, 3.63) is 35.7 Å². The first-order valence-electron chi connectivity index (χ1n) is 9.99. The molecule has 10 heteroatoms. The minimum atomic E-state index is -0.967. The molecule has 0 aromatic carbocycles. The summed E-state index contributed by atoms with van der Waals surface area (Å²) in [5.74, 6) is -1.32. The number of fused-ring (bicyclic) bond motifs is 1. The highest BCUT2D eigenvalue weighted by Gasteiger charge is 2.60. The quantitative estimate of drug-likeness (QED) is 0.784. The summed E-state index contributed by atoms with van der Waals surface area (Å²) < 4.78 is 36.5. The second kappa shape index (κ2) is 7.88. The van der Waals surface area contributed by atoms with Gasteiger partial charge in [-0.3, -0.25) is 14.5 Å². The maximum atomic E-state index is 15.0. The highest BCUT2D eigenvalue weighted by Crippen LogP contribution is 2.57. The molecule has 4 atom stereocenters. The standard InChI is InChI=1S/C20H25F2N5O2S/c1-4-17(28)23-18-24-20(13-6-5-12(21)7-14(13)22)10-29-16(8-19(20,2)11-30-18)15-9-27(3)26-25-15/h5,7,9,13,16H,4,6,8,10-11H2,1-3H3,(H,23,24,28)/t13?,16-,19+,20-/m1/s1. The van der Waals surface area contributed by atoms with Gasteiger partial charge >= 0.3 is 0 Å². The summed E-state index contributed by atoms with van der Waals surface area (Å²) in [4.78, 5) is 16.8. The number of ether oxygens (including phenoxy) is 1. The van der Waals surface area contributed by atoms with E-state index in [-0.39, 0.29) is 25.0 Å². The SMILES string of the molecule is CCC(=O)NC1=N[C@@]2(C3CC=C(F)C=C3F)CO[C@@H](c3cn(C)nn3)C[C@@]2(C)CS1. The van der Waals surface area contributed by atoms with Crippen molar-refractivity contribution in [1.29, 1.82) is 0 Å². The molecule has 1 amide bonds. The van der Waals surface area contributed by atoms with Crippen molar-refractivity contribution in [2.75, 3.05) is 12.4 Å². The van der Waals surface area contributed by atoms with Gasteiger partial charge in [-0.25, -0.2) is 8.78 Å². The van der Waals surface area contributed by atoms with E-state index in [4.69, 9.17) is 9.73 Å². The summed E-state index contributed by atoms with van der Waals surface area (Å²) in [5, 5.41) is 11.4. The summed E-state index contributed by atoms with van der Waals surface area (Å²) >= 11 is 1.45. The molecule has 162 valence electrons. The van der Waals surface area contributed by atoms with Gasteiger partial charge in [0.05, 0.1) is 12.8 Å². The number of rotatable bonds is 3. The Morgan fingerprint density at radius 3 is 2.93 bits per heavy atom. The zero-order chi connectivity index (χ0) is 21.5. The van der Waals surface area contributed by atoms with Crippen LogP contribution in [0.4, 0.5) is 8.78 Å². The summed E-state index contributed by atoms with van der Waals surface area (Å²) in [7, 11) is 1.79. The average Bonchev–Trinajstić information content (AvgIpc) is 3.14. The van der Waals surface area contributed by atoms with Gasteiger partial charge in [0, 0.05) is 36.6 Å². The molecule has 1 saturated heterocycles. The molecule has 1 aromatic heterocycles. The van der Waals surface area contributed by atoms with E-state index in [9.17, 15) is 9.18 Å². The van der Waals surface area contributed by atoms with Gasteiger partial charge in [0.1, 0.15) is 29.0 Å². The second-order valence-electron chi connectivity index (χ2n) is 8.32. The number of hydrogen-bond donors (Lipinski definition) is 1. The first-order valence-corrected chi connectivity index (χ1v) is 11.0. The van der Waals surface area contributed by atoms with Crippen LogP contribution >= 0.6 is 11.8 Å². The Hall–Kier alpha value is -2.07. The lowest BCUT2D eigenvalue weighted by molar-refractivity contribution is -0.119. The predicted octanol–water partition coefficient (Wildman–Crippen LogP) is 3.38. The fourth-order valence-corrected chi connectivity index (χ4v) is 5.71. The Morgan fingerprint density at radius 2 is 2.27 bits per heavy atom. The van der Waals surface area contributed by atoms with Crippen molar-refractivity contribution in [1.82, 2.24) is 20.3 Å². The number of halogens is 2. The molecule has 1 N–H and O–H groups in total. The fraction of sp³-hybridized carbons (Fsp3) is 0.600. The van der Waals surface area contributed by atoms with Gasteiger partial charge in [0.2, 0.25) is 5.91 Å². The van der Waals surface area contributed by atoms with Crippen LogP contribution in [0.25, 0.3) is 0 Å². The van der Waals surface area contributed by atoms with E-state index in [0.29, 0.717) is 23.8 Å². The molecule has 30 heavy (non-hydrogen) atoms. The van der Waals surface area contributed by atoms with Crippen molar-refractivity contribution in [3.8, 4) is 0 Å². The van der Waals surface area contributed by atoms with Gasteiger partial charge in [-0.2, -0.15) is 0 Å². The maximum absolute atomic E-state index is 15.0. The zero-order valence-corrected chi connectivity index (χ0v) is 18.0. The van der Waals surface area contributed by atoms with Crippen LogP contribution in [0.5, 0.6) is 0 Å². The lowest BCUT2D eigenvalue weighted by Gasteiger charge is -2.56. The van der Waals surface area contributed by atoms with Crippen LogP contribution < -0.4 is 5.32 Å². The number of aliphatic imine (C=N–C) groups is 1. The molecule has 0 bridgehead atoms. The third-order valence-electron chi connectivity index (χ3n) is 6.27. The number of aromatic nitrogens is 3. The largest absolute Gasteiger partial charge is 0.369 e. The Labute approximate surface area is 178 Å². The van der Waals surface area contributed by atoms with Crippen molar-refractivity contribution in [3.63, 3.8) is 0 Å². The lowest BCUT2D eigenvalue weighted by atomic mass is 9.60. The third kappa shape index (κ3) is 3.60. The Bertz CT molecular complexity index is 945. The topological polar surface area (TPSA) is 81.4 Å². The minimum Gasteiger partial charge on any atom is -0.369 e. The van der Waals surface area contributed by atoms with Crippen LogP contribution in [0, 0.1) is 11.3 Å². The van der Waals surface area contributed by atoms with Crippen molar-refractivity contribution >= 4 is 22.8 Å². The molecule has 4 rings (SSSR count). The molecule has 0 spiro atoms. The molecular weight excluding hydrogens is 412 g/mol. The zero-order valence-electron chi connectivity index (χ0n) is 17.2. The Kier molecular flexibility index (Phi) is 5.56. The van der Waals surface area contributed by atoms with Crippen LogP contribution in [-0.2, 0) is 16.6 Å². The average molecular weight is 438 g/mol.